The first-order chi connectivity index (χ1) is 14.6. The number of anilines is 1. The van der Waals surface area contributed by atoms with Gasteiger partial charge in [0.25, 0.3) is 0 Å². The van der Waals surface area contributed by atoms with Crippen LogP contribution in [0.25, 0.3) is 0 Å². The third-order valence-electron chi connectivity index (χ3n) is 5.28. The van der Waals surface area contributed by atoms with Crippen molar-refractivity contribution in [2.24, 2.45) is 0 Å². The third-order valence-corrected chi connectivity index (χ3v) is 6.48. The van der Waals surface area contributed by atoms with Crippen molar-refractivity contribution >= 4 is 39.3 Å². The van der Waals surface area contributed by atoms with Crippen LogP contribution in [0.15, 0.2) is 71.2 Å². The fourth-order valence-electron chi connectivity index (χ4n) is 3.75. The number of ether oxygens (including phenoxy) is 2. The number of carbonyl (C=O) groups is 1. The van der Waals surface area contributed by atoms with Gasteiger partial charge >= 0.3 is 6.09 Å². The van der Waals surface area contributed by atoms with Gasteiger partial charge in [-0.2, -0.15) is 0 Å². The summed E-state index contributed by atoms with van der Waals surface area (Å²) in [4.78, 5) is 15.0. The highest BCUT2D eigenvalue weighted by molar-refractivity contribution is 9.10. The number of benzene rings is 3. The summed E-state index contributed by atoms with van der Waals surface area (Å²) in [6.45, 7) is 0.218. The highest BCUT2D eigenvalue weighted by Gasteiger charge is 2.34. The van der Waals surface area contributed by atoms with E-state index in [1.54, 1.807) is 12.0 Å². The van der Waals surface area contributed by atoms with Crippen LogP contribution in [0.3, 0.4) is 0 Å². The third kappa shape index (κ3) is 4.32. The molecular formula is C24H21BrClNO3. The lowest BCUT2D eigenvalue weighted by Crippen LogP contribution is -2.38. The molecule has 0 N–H and O–H groups in total. The van der Waals surface area contributed by atoms with Gasteiger partial charge in [0.15, 0.2) is 0 Å². The van der Waals surface area contributed by atoms with E-state index in [2.05, 4.69) is 15.9 Å². The molecule has 4 rings (SSSR count). The molecule has 0 saturated carbocycles. The highest BCUT2D eigenvalue weighted by Crippen LogP contribution is 2.42. The molecule has 30 heavy (non-hydrogen) atoms. The lowest BCUT2D eigenvalue weighted by atomic mass is 9.91. The molecule has 1 heterocycles. The average Bonchev–Trinajstić information content (AvgIpc) is 2.78. The summed E-state index contributed by atoms with van der Waals surface area (Å²) >= 11 is 9.80. The minimum absolute atomic E-state index is 0.139. The van der Waals surface area contributed by atoms with Crippen molar-refractivity contribution in [3.63, 3.8) is 0 Å². The number of rotatable bonds is 4. The van der Waals surface area contributed by atoms with Crippen molar-refractivity contribution in [1.29, 1.82) is 0 Å². The maximum atomic E-state index is 13.3. The Morgan fingerprint density at radius 3 is 2.57 bits per heavy atom. The van der Waals surface area contributed by atoms with Crippen molar-refractivity contribution < 1.29 is 14.3 Å². The Morgan fingerprint density at radius 2 is 1.87 bits per heavy atom. The van der Waals surface area contributed by atoms with Crippen LogP contribution in [0.2, 0.25) is 5.02 Å². The Hall–Kier alpha value is -2.50. The molecule has 0 fully saturated rings. The molecule has 0 aliphatic carbocycles. The van der Waals surface area contributed by atoms with Crippen LogP contribution >= 0.6 is 27.5 Å². The summed E-state index contributed by atoms with van der Waals surface area (Å²) in [5.74, 6) is 0.780. The molecule has 0 bridgehead atoms. The summed E-state index contributed by atoms with van der Waals surface area (Å²) < 4.78 is 11.7. The second-order valence-electron chi connectivity index (χ2n) is 7.13. The number of hydrogen-bond donors (Lipinski definition) is 0. The molecule has 0 saturated heterocycles. The Labute approximate surface area is 189 Å². The van der Waals surface area contributed by atoms with Crippen LogP contribution in [-0.2, 0) is 17.8 Å². The van der Waals surface area contributed by atoms with Crippen molar-refractivity contribution in [1.82, 2.24) is 0 Å². The van der Waals surface area contributed by atoms with Gasteiger partial charge in [0.2, 0.25) is 0 Å². The molecule has 0 aromatic heterocycles. The molecule has 154 valence electrons. The number of nitrogens with zero attached hydrogens (tertiary/aromatic N) is 1. The summed E-state index contributed by atoms with van der Waals surface area (Å²) in [5.41, 5.74) is 3.83. The number of methoxy groups -OCH3 is 1. The maximum Gasteiger partial charge on any atom is 0.415 e. The van der Waals surface area contributed by atoms with E-state index in [0.717, 1.165) is 45.4 Å². The Kier molecular flexibility index (Phi) is 6.30. The van der Waals surface area contributed by atoms with Gasteiger partial charge in [-0.1, -0.05) is 54.1 Å². The molecule has 1 aliphatic rings. The van der Waals surface area contributed by atoms with E-state index in [4.69, 9.17) is 21.1 Å². The van der Waals surface area contributed by atoms with Gasteiger partial charge in [0.05, 0.1) is 23.9 Å². The van der Waals surface area contributed by atoms with Crippen molar-refractivity contribution in [2.75, 3.05) is 12.0 Å². The molecule has 3 aromatic rings. The van der Waals surface area contributed by atoms with Gasteiger partial charge in [-0.15, -0.1) is 0 Å². The number of amides is 1. The molecule has 4 nitrogen and oxygen atoms in total. The monoisotopic (exact) mass is 485 g/mol. The van der Waals surface area contributed by atoms with Crippen LogP contribution in [0.1, 0.15) is 29.2 Å². The van der Waals surface area contributed by atoms with Gasteiger partial charge < -0.3 is 9.47 Å². The van der Waals surface area contributed by atoms with Crippen molar-refractivity contribution in [3.05, 3.63) is 92.9 Å². The van der Waals surface area contributed by atoms with Crippen LogP contribution in [0.4, 0.5) is 10.5 Å². The van der Waals surface area contributed by atoms with Crippen LogP contribution in [0.5, 0.6) is 5.75 Å². The van der Waals surface area contributed by atoms with Gasteiger partial charge in [-0.25, -0.2) is 4.79 Å². The number of halogens is 2. The molecule has 3 aromatic carbocycles. The molecule has 6 heteroatoms. The summed E-state index contributed by atoms with van der Waals surface area (Å²) in [7, 11) is 1.64. The maximum absolute atomic E-state index is 13.3. The first-order valence-corrected chi connectivity index (χ1v) is 10.9. The van der Waals surface area contributed by atoms with Crippen LogP contribution < -0.4 is 9.64 Å². The largest absolute Gasteiger partial charge is 0.497 e. The van der Waals surface area contributed by atoms with Gasteiger partial charge in [-0.05, 0) is 69.7 Å². The molecule has 1 amide bonds. The SMILES string of the molecule is COc1ccc(C2CCc3cc(Cl)c(Br)cc3N2C(=O)OCc2ccccc2)cc1. The zero-order chi connectivity index (χ0) is 21.1. The first-order valence-electron chi connectivity index (χ1n) is 9.68. The standard InChI is InChI=1S/C24H21BrClNO3/c1-29-19-10-7-17(8-11-19)22-12-9-18-13-21(26)20(25)14-23(18)27(22)24(28)30-15-16-5-3-2-4-6-16/h2-8,10-11,13-14,22H,9,12,15H2,1H3. The topological polar surface area (TPSA) is 38.8 Å². The molecule has 1 aliphatic heterocycles. The van der Waals surface area contributed by atoms with E-state index < -0.39 is 0 Å². The molecule has 0 spiro atoms. The van der Waals surface area contributed by atoms with E-state index in [1.807, 2.05) is 66.7 Å². The predicted molar refractivity (Wildman–Crippen MR) is 122 cm³/mol. The fraction of sp³-hybridized carbons (Fsp3) is 0.208. The Balaban J connectivity index is 1.68. The van der Waals surface area contributed by atoms with E-state index >= 15 is 0 Å². The van der Waals surface area contributed by atoms with Gasteiger partial charge in [0.1, 0.15) is 12.4 Å². The van der Waals surface area contributed by atoms with Crippen LogP contribution in [0, 0.1) is 0 Å². The zero-order valence-corrected chi connectivity index (χ0v) is 18.8. The Bertz CT molecular complexity index is 1040. The summed E-state index contributed by atoms with van der Waals surface area (Å²) in [6, 6.07) is 21.2. The molecule has 1 atom stereocenters. The lowest BCUT2D eigenvalue weighted by Gasteiger charge is -2.37. The van der Waals surface area contributed by atoms with Crippen LogP contribution in [-0.4, -0.2) is 13.2 Å². The second kappa shape index (κ2) is 9.11. The van der Waals surface area contributed by atoms with E-state index in [9.17, 15) is 4.79 Å². The first kappa shape index (κ1) is 20.8. The predicted octanol–water partition coefficient (Wildman–Crippen LogP) is 6.94. The number of hydrogen-bond acceptors (Lipinski definition) is 3. The molecule has 1 unspecified atom stereocenters. The lowest BCUT2D eigenvalue weighted by molar-refractivity contribution is 0.143. The van der Waals surface area contributed by atoms with Gasteiger partial charge in [0, 0.05) is 4.47 Å². The van der Waals surface area contributed by atoms with Crippen molar-refractivity contribution in [2.45, 2.75) is 25.5 Å². The number of aryl methyl sites for hydroxylation is 1. The van der Waals surface area contributed by atoms with Crippen molar-refractivity contribution in [3.8, 4) is 5.75 Å². The quantitative estimate of drug-likeness (QED) is 0.401. The number of carbonyl (C=O) groups excluding carboxylic acids is 1. The zero-order valence-electron chi connectivity index (χ0n) is 16.5. The van der Waals surface area contributed by atoms with E-state index in [-0.39, 0.29) is 18.7 Å². The minimum Gasteiger partial charge on any atom is -0.497 e. The van der Waals surface area contributed by atoms with E-state index in [1.165, 1.54) is 0 Å². The molecule has 0 radical (unpaired) electrons. The smallest absolute Gasteiger partial charge is 0.415 e. The average molecular weight is 487 g/mol. The molecular weight excluding hydrogens is 466 g/mol. The van der Waals surface area contributed by atoms with Gasteiger partial charge in [-0.3, -0.25) is 4.90 Å². The minimum atomic E-state index is -0.380. The van der Waals surface area contributed by atoms with E-state index in [0.29, 0.717) is 5.02 Å². The summed E-state index contributed by atoms with van der Waals surface area (Å²) in [6.07, 6.45) is 1.22. The fourth-order valence-corrected chi connectivity index (χ4v) is 4.27. The number of fused-ring (bicyclic) bond motifs is 1. The second-order valence-corrected chi connectivity index (χ2v) is 8.39. The normalized spacial score (nSPS) is 15.4. The highest BCUT2D eigenvalue weighted by atomic mass is 79.9. The Morgan fingerprint density at radius 1 is 1.13 bits per heavy atom. The summed E-state index contributed by atoms with van der Waals surface area (Å²) in [5, 5.41) is 0.634.